The molecule has 1 aliphatic rings. The number of nitrogens with one attached hydrogen (secondary N) is 2. The van der Waals surface area contributed by atoms with Crippen LogP contribution in [-0.2, 0) is 0 Å². The van der Waals surface area contributed by atoms with Gasteiger partial charge >= 0.3 is 0 Å². The highest BCUT2D eigenvalue weighted by Crippen LogP contribution is 2.35. The molecule has 3 nitrogen and oxygen atoms in total. The van der Waals surface area contributed by atoms with Crippen molar-refractivity contribution in [3.05, 3.63) is 103 Å². The molecule has 0 saturated carbocycles. The molecule has 0 fully saturated rings. The lowest BCUT2D eigenvalue weighted by Gasteiger charge is -2.28. The molecule has 0 aliphatic carbocycles. The fourth-order valence-corrected chi connectivity index (χ4v) is 3.54. The van der Waals surface area contributed by atoms with Crippen molar-refractivity contribution >= 4 is 28.4 Å². The standard InChI is InChI=1S/C24H18N2O/c1-2-8-19(9-3-1)27-20-16-14-18(15-17-20)26-23-12-6-4-10-21(23)25-22-11-5-7-13-24(22)26/h1-17,25H/p+1. The lowest BCUT2D eigenvalue weighted by molar-refractivity contribution is -0.680. The van der Waals surface area contributed by atoms with Crippen LogP contribution in [0.25, 0.3) is 0 Å². The number of rotatable bonds is 3. The Morgan fingerprint density at radius 3 is 1.67 bits per heavy atom. The number of para-hydroxylation sites is 5. The molecule has 5 rings (SSSR count). The van der Waals surface area contributed by atoms with E-state index < -0.39 is 0 Å². The third kappa shape index (κ3) is 2.94. The van der Waals surface area contributed by atoms with Crippen LogP contribution >= 0.6 is 0 Å². The quantitative estimate of drug-likeness (QED) is 0.435. The molecule has 3 heteroatoms. The van der Waals surface area contributed by atoms with E-state index in [9.17, 15) is 0 Å². The normalized spacial score (nSPS) is 12.6. The maximum atomic E-state index is 5.94. The monoisotopic (exact) mass is 351 g/mol. The van der Waals surface area contributed by atoms with E-state index in [1.807, 2.05) is 42.5 Å². The summed E-state index contributed by atoms with van der Waals surface area (Å²) in [4.78, 5) is 1.24. The highest BCUT2D eigenvalue weighted by Gasteiger charge is 2.29. The number of fused-ring (bicyclic) bond motifs is 2. The third-order valence-electron chi connectivity index (χ3n) is 4.78. The van der Waals surface area contributed by atoms with Crippen molar-refractivity contribution in [3.8, 4) is 11.5 Å². The minimum Gasteiger partial charge on any atom is -0.457 e. The highest BCUT2D eigenvalue weighted by atomic mass is 16.5. The first kappa shape index (κ1) is 15.7. The molecule has 27 heavy (non-hydrogen) atoms. The largest absolute Gasteiger partial charge is 0.457 e. The summed E-state index contributed by atoms with van der Waals surface area (Å²) in [5.41, 5.74) is 5.88. The summed E-state index contributed by atoms with van der Waals surface area (Å²) in [5, 5.41) is 3.54. The predicted molar refractivity (Wildman–Crippen MR) is 109 cm³/mol. The van der Waals surface area contributed by atoms with Crippen LogP contribution in [-0.4, -0.2) is 0 Å². The Hall–Kier alpha value is -3.56. The van der Waals surface area contributed by atoms with Crippen LogP contribution in [0.3, 0.4) is 0 Å². The molecule has 0 aromatic heterocycles. The molecular weight excluding hydrogens is 332 g/mol. The fourth-order valence-electron chi connectivity index (χ4n) is 3.54. The lowest BCUT2D eigenvalue weighted by atomic mass is 10.1. The number of anilines is 2. The molecule has 4 aromatic rings. The molecule has 0 bridgehead atoms. The molecule has 130 valence electrons. The Morgan fingerprint density at radius 1 is 0.519 bits per heavy atom. The van der Waals surface area contributed by atoms with Gasteiger partial charge in [0.2, 0.25) is 0 Å². The first-order chi connectivity index (χ1) is 13.4. The average molecular weight is 351 g/mol. The maximum Gasteiger partial charge on any atom is 0.165 e. The molecule has 0 amide bonds. The van der Waals surface area contributed by atoms with Crippen molar-refractivity contribution in [3.63, 3.8) is 0 Å². The molecule has 1 heterocycles. The van der Waals surface area contributed by atoms with E-state index in [2.05, 4.69) is 66.0 Å². The van der Waals surface area contributed by atoms with Gasteiger partial charge in [0.15, 0.2) is 11.4 Å². The van der Waals surface area contributed by atoms with Gasteiger partial charge in [0.1, 0.15) is 28.6 Å². The molecular formula is C24H19N2O+. The van der Waals surface area contributed by atoms with Gasteiger partial charge in [-0.2, -0.15) is 0 Å². The summed E-state index contributed by atoms with van der Waals surface area (Å²) in [6, 6.07) is 35.1. The molecule has 0 saturated heterocycles. The first-order valence-corrected chi connectivity index (χ1v) is 9.04. The van der Waals surface area contributed by atoms with Crippen molar-refractivity contribution in [2.24, 2.45) is 0 Å². The number of hydrogen-bond donors (Lipinski definition) is 2. The number of ether oxygens (including phenoxy) is 1. The highest BCUT2D eigenvalue weighted by molar-refractivity contribution is 5.80. The number of benzene rings is 4. The Balaban J connectivity index is 1.53. The zero-order chi connectivity index (χ0) is 18.1. The van der Waals surface area contributed by atoms with Crippen LogP contribution in [0.5, 0.6) is 11.5 Å². The topological polar surface area (TPSA) is 25.7 Å². The zero-order valence-corrected chi connectivity index (χ0v) is 14.7. The van der Waals surface area contributed by atoms with Gasteiger partial charge in [0, 0.05) is 24.3 Å². The summed E-state index contributed by atoms with van der Waals surface area (Å²) in [7, 11) is 0. The summed E-state index contributed by atoms with van der Waals surface area (Å²) < 4.78 is 5.94. The Bertz CT molecular complexity index is 1030. The van der Waals surface area contributed by atoms with E-state index >= 15 is 0 Å². The van der Waals surface area contributed by atoms with E-state index in [1.165, 1.54) is 22.0 Å². The van der Waals surface area contributed by atoms with E-state index in [1.54, 1.807) is 0 Å². The first-order valence-electron chi connectivity index (χ1n) is 9.04. The number of quaternary nitrogens is 1. The van der Waals surface area contributed by atoms with Gasteiger partial charge in [-0.05, 0) is 36.4 Å². The van der Waals surface area contributed by atoms with E-state index in [4.69, 9.17) is 4.74 Å². The van der Waals surface area contributed by atoms with Crippen LogP contribution in [0.1, 0.15) is 0 Å². The molecule has 4 aromatic carbocycles. The van der Waals surface area contributed by atoms with Crippen molar-refractivity contribution < 1.29 is 9.64 Å². The van der Waals surface area contributed by atoms with Gasteiger partial charge in [-0.3, -0.25) is 0 Å². The summed E-state index contributed by atoms with van der Waals surface area (Å²) in [6.45, 7) is 0. The molecule has 2 N–H and O–H groups in total. The van der Waals surface area contributed by atoms with Gasteiger partial charge in [-0.25, -0.2) is 4.90 Å². The fraction of sp³-hybridized carbons (Fsp3) is 0. The summed E-state index contributed by atoms with van der Waals surface area (Å²) >= 11 is 0. The summed E-state index contributed by atoms with van der Waals surface area (Å²) in [6.07, 6.45) is 0. The second kappa shape index (κ2) is 6.63. The zero-order valence-electron chi connectivity index (χ0n) is 14.7. The Morgan fingerprint density at radius 2 is 1.04 bits per heavy atom. The van der Waals surface area contributed by atoms with Crippen LogP contribution in [0.4, 0.5) is 28.4 Å². The molecule has 0 atom stereocenters. The summed E-state index contributed by atoms with van der Waals surface area (Å²) in [5.74, 6) is 1.68. The Labute approximate surface area is 158 Å². The minimum absolute atomic E-state index is 0.834. The third-order valence-corrected chi connectivity index (χ3v) is 4.78. The van der Waals surface area contributed by atoms with Crippen molar-refractivity contribution in [1.82, 2.24) is 0 Å². The smallest absolute Gasteiger partial charge is 0.165 e. The average Bonchev–Trinajstić information content (AvgIpc) is 2.73. The van der Waals surface area contributed by atoms with Crippen LogP contribution in [0, 0.1) is 0 Å². The van der Waals surface area contributed by atoms with E-state index in [0.717, 1.165) is 22.9 Å². The molecule has 0 radical (unpaired) electrons. The van der Waals surface area contributed by atoms with Crippen LogP contribution in [0.2, 0.25) is 0 Å². The number of hydrogen-bond acceptors (Lipinski definition) is 2. The van der Waals surface area contributed by atoms with Crippen molar-refractivity contribution in [1.29, 1.82) is 0 Å². The predicted octanol–water partition coefficient (Wildman–Crippen LogP) is 5.72. The van der Waals surface area contributed by atoms with Crippen molar-refractivity contribution in [2.75, 3.05) is 5.32 Å². The van der Waals surface area contributed by atoms with Gasteiger partial charge in [0.05, 0.1) is 0 Å². The second-order valence-electron chi connectivity index (χ2n) is 6.53. The van der Waals surface area contributed by atoms with Crippen LogP contribution in [0.15, 0.2) is 103 Å². The second-order valence-corrected chi connectivity index (χ2v) is 6.53. The minimum atomic E-state index is 0.834. The van der Waals surface area contributed by atoms with E-state index in [-0.39, 0.29) is 0 Å². The Kier molecular flexibility index (Phi) is 3.85. The molecule has 0 unspecified atom stereocenters. The maximum absolute atomic E-state index is 5.94. The van der Waals surface area contributed by atoms with Gasteiger partial charge in [-0.1, -0.05) is 42.5 Å². The van der Waals surface area contributed by atoms with Gasteiger partial charge in [-0.15, -0.1) is 0 Å². The lowest BCUT2D eigenvalue weighted by Crippen LogP contribution is -2.97. The SMILES string of the molecule is c1ccc(Oc2ccc([NH+]3c4ccccc4Nc4ccccc43)cc2)cc1. The van der Waals surface area contributed by atoms with Crippen LogP contribution < -0.4 is 15.0 Å². The van der Waals surface area contributed by atoms with Gasteiger partial charge < -0.3 is 10.1 Å². The van der Waals surface area contributed by atoms with E-state index in [0.29, 0.717) is 0 Å². The van der Waals surface area contributed by atoms with Crippen molar-refractivity contribution in [2.45, 2.75) is 0 Å². The molecule has 1 aliphatic heterocycles. The van der Waals surface area contributed by atoms with Gasteiger partial charge in [0.25, 0.3) is 0 Å². The molecule has 0 spiro atoms.